The van der Waals surface area contributed by atoms with Crippen LogP contribution in [0.15, 0.2) is 233 Å². The van der Waals surface area contributed by atoms with Gasteiger partial charge in [-0.15, -0.1) is 50.3 Å². The highest BCUT2D eigenvalue weighted by molar-refractivity contribution is 7.93. The van der Waals surface area contributed by atoms with Gasteiger partial charge in [-0.1, -0.05) is 83.9 Å². The van der Waals surface area contributed by atoms with E-state index in [0.717, 1.165) is 73.3 Å². The number of aromatic nitrogens is 1. The maximum absolute atomic E-state index is 14.0. The minimum Gasteiger partial charge on any atom is -0.320 e. The Kier molecular flexibility index (Phi) is 27.2. The van der Waals surface area contributed by atoms with E-state index in [9.17, 15) is 113 Å². The maximum atomic E-state index is 14.0. The molecule has 0 spiro atoms. The Morgan fingerprint density at radius 3 is 1.32 bits per heavy atom. The molecule has 0 unspecified atom stereocenters. The molecule has 7 aromatic carbocycles. The summed E-state index contributed by atoms with van der Waals surface area (Å²) >= 11 is 15.8. The second-order valence-corrected chi connectivity index (χ2v) is 40.8. The van der Waals surface area contributed by atoms with Crippen molar-refractivity contribution in [3.05, 3.63) is 315 Å². The van der Waals surface area contributed by atoms with Crippen molar-refractivity contribution < 1.29 is 113 Å². The van der Waals surface area contributed by atoms with Crippen LogP contribution >= 0.6 is 68.5 Å². The molecule has 4 aliphatic rings. The van der Waals surface area contributed by atoms with Gasteiger partial charge < -0.3 is 10.6 Å². The van der Waals surface area contributed by atoms with Crippen molar-refractivity contribution in [3.8, 4) is 0 Å². The molecule has 9 heterocycles. The highest BCUT2D eigenvalue weighted by Gasteiger charge is 2.47. The fraction of sp³-hybridized carbons (Fsp3) is 0.0843. The number of urea groups is 2. The summed E-state index contributed by atoms with van der Waals surface area (Å²) in [6, 6.07) is 43.0. The number of nitrogens with one attached hydrogen (secondary N) is 7. The number of hydrogen-bond acceptors (Lipinski definition) is 25. The number of amides is 13. The lowest BCUT2D eigenvalue weighted by atomic mass is 10.1. The van der Waals surface area contributed by atoms with Gasteiger partial charge in [0.2, 0.25) is 5.91 Å². The van der Waals surface area contributed by atoms with E-state index < -0.39 is 157 Å². The van der Waals surface area contributed by atoms with Gasteiger partial charge >= 0.3 is 24.4 Å². The molecule has 0 radical (unpaired) electrons. The molecule has 16 rings (SSSR count). The third kappa shape index (κ3) is 20.3. The first-order chi connectivity index (χ1) is 62.2. The Morgan fingerprint density at radius 2 is 0.864 bits per heavy atom. The zero-order valence-electron chi connectivity index (χ0n) is 67.1. The largest absolute Gasteiger partial charge is 0.418 e. The molecule has 33 nitrogen and oxygen atoms in total. The Labute approximate surface area is 769 Å². The first-order valence-corrected chi connectivity index (χ1v) is 47.2. The van der Waals surface area contributed by atoms with Crippen molar-refractivity contribution >= 4 is 220 Å². The van der Waals surface area contributed by atoms with Crippen LogP contribution in [-0.4, -0.2) is 110 Å². The number of hydrogen-bond donors (Lipinski definition) is 7. The van der Waals surface area contributed by atoms with E-state index in [4.69, 9.17) is 29.8 Å². The normalized spacial score (nSPS) is 13.6. The van der Waals surface area contributed by atoms with Crippen LogP contribution in [0.4, 0.5) is 75.9 Å². The molecule has 49 heteroatoms. The second-order valence-electron chi connectivity index (χ2n) is 27.8. The monoisotopic (exact) mass is 1990 g/mol. The first-order valence-electron chi connectivity index (χ1n) is 37.1. The number of thiophene rings is 4. The van der Waals surface area contributed by atoms with Gasteiger partial charge in [0.25, 0.3) is 93.3 Å². The lowest BCUT2D eigenvalue weighted by Crippen LogP contribution is -2.35. The van der Waals surface area contributed by atoms with E-state index in [1.54, 1.807) is 104 Å². The molecule has 132 heavy (non-hydrogen) atoms. The zero-order valence-corrected chi connectivity index (χ0v) is 75.1. The van der Waals surface area contributed by atoms with E-state index in [1.807, 2.05) is 19.5 Å². The molecule has 0 atom stereocenters. The van der Waals surface area contributed by atoms with Gasteiger partial charge in [-0.3, -0.25) is 48.5 Å². The quantitative estimate of drug-likeness (QED) is 0.0111. The summed E-state index contributed by atoms with van der Waals surface area (Å²) in [4.78, 5) is 149. The SMILES string of the molecule is Cc1cc(NC(=O)NS(=O)(=O)c2cccs2)nc(C)c1N1C(=O)c2ccccc2C1=O.Cc1ccc(S(=O)(=O)NC(=O)Nc2cc(Cl)c(N3C(=O)c4ccccc4C3=O)c(C(F)(F)F)c2)s1.O=C(Cc1ccc(N2C(=O)c3ccc(Cl)cc3C2=O)cc1)NS(=O)(=O)c1cccs1.[C-]#[N+]/N=C(/Nc1ccc(N2C(=O)c3ccccc3C2=O)c(C(F)(F)F)c1)NS(=O)(=O)c1ccc(C)s1. The molecule has 0 fully saturated rings. The lowest BCUT2D eigenvalue weighted by molar-refractivity contribution is -0.137. The van der Waals surface area contributed by atoms with Gasteiger partial charge in [0.15, 0.2) is 0 Å². The number of nitrogens with zero attached hydrogens (tertiary/aromatic N) is 7. The number of carbonyl (C=O) groups is 11. The molecule has 0 bridgehead atoms. The summed E-state index contributed by atoms with van der Waals surface area (Å²) in [5.74, 6) is -6.89. The highest BCUT2D eigenvalue weighted by atomic mass is 35.5. The van der Waals surface area contributed by atoms with Crippen LogP contribution in [0.2, 0.25) is 10.0 Å². The first kappa shape index (κ1) is 95.4. The third-order valence-electron chi connectivity index (χ3n) is 18.8. The average molecular weight is 1990 g/mol. The fourth-order valence-corrected chi connectivity index (χ4v) is 22.0. The van der Waals surface area contributed by atoms with Crippen molar-refractivity contribution in [2.45, 2.75) is 63.3 Å². The van der Waals surface area contributed by atoms with Crippen LogP contribution in [0.25, 0.3) is 4.95 Å². The average Bonchev–Trinajstić information content (AvgIpc) is 1.56. The smallest absolute Gasteiger partial charge is 0.320 e. The van der Waals surface area contributed by atoms with Crippen LogP contribution in [-0.2, 0) is 63.7 Å². The van der Waals surface area contributed by atoms with Crippen LogP contribution in [0.1, 0.15) is 121 Å². The number of guanidine groups is 1. The minimum atomic E-state index is -5.09. The molecule has 13 amide bonds. The number of fused-ring (bicyclic) bond motifs is 4. The Balaban J connectivity index is 0.000000150. The Bertz CT molecular complexity index is 7290. The standard InChI is InChI=1S/C22H14F3N5O4S2.C21H13ClF3N3O5S2.C20H13ClN2O5S2.C20H16N4O5S2/c1-12-7-10-18(35-12)36(33,34)29-21(28-26-2)27-13-8-9-17(16(11-13)22(23,24)25)30-19(31)14-5-3-4-6-15(14)20(30)32;1-10-6-7-16(34-10)35(32,33)27-20(31)26-11-8-14(21(23,24)25)17(15(22)9-11)28-18(29)12-4-2-3-5-13(12)19(28)30;21-13-5-8-15-16(11-13)20(26)23(19(15)25)14-6-3-12(4-7-14)10-17(24)22-30(27,28)18-2-1-9-29-18;1-11-10-15(22-20(27)23-31(28,29)16-8-5-9-30-16)21-12(2)17(11)24-18(25)13-6-3-4-7-14(13)19(24)26/h3-11H,1H3,(H2,27,28,29);2-9H,1H3,(H2,26,27,31);1-9,11H,10H2,(H,22,24);3-10H,1-2H3,(H2,21,22,23,27). The Morgan fingerprint density at radius 1 is 0.432 bits per heavy atom. The predicted octanol–water partition coefficient (Wildman–Crippen LogP) is 15.8. The molecular formula is C83H56Cl2F6N14O19S8. The number of imide groups is 4. The van der Waals surface area contributed by atoms with Crippen LogP contribution < -0.4 is 54.4 Å². The number of carbonyl (C=O) groups excluding carboxylic acids is 11. The van der Waals surface area contributed by atoms with Crippen molar-refractivity contribution in [2.24, 2.45) is 5.10 Å². The zero-order chi connectivity index (χ0) is 95.8. The summed E-state index contributed by atoms with van der Waals surface area (Å²) in [7, 11) is -16.3. The highest BCUT2D eigenvalue weighted by Crippen LogP contribution is 2.47. The van der Waals surface area contributed by atoms with Gasteiger partial charge in [0, 0.05) is 26.2 Å². The number of halogens is 8. The molecular weight excluding hydrogens is 1940 g/mol. The molecule has 7 N–H and O–H groups in total. The van der Waals surface area contributed by atoms with Gasteiger partial charge in [-0.05, 0) is 189 Å². The number of anilines is 7. The van der Waals surface area contributed by atoms with E-state index in [2.05, 4.69) is 25.7 Å². The predicted molar refractivity (Wildman–Crippen MR) is 476 cm³/mol. The summed E-state index contributed by atoms with van der Waals surface area (Å²) in [6.45, 7) is 13.5. The van der Waals surface area contributed by atoms with E-state index >= 15 is 0 Å². The second kappa shape index (κ2) is 37.7. The number of aryl methyl sites for hydroxylation is 4. The number of sulfonamides is 4. The van der Waals surface area contributed by atoms with Crippen molar-refractivity contribution in [2.75, 3.05) is 35.6 Å². The third-order valence-corrected chi connectivity index (χ3v) is 30.5. The molecule has 5 aromatic heterocycles. The summed E-state index contributed by atoms with van der Waals surface area (Å²) < 4.78 is 190. The summed E-state index contributed by atoms with van der Waals surface area (Å²) in [6.07, 6.45) is -10.3. The number of alkyl halides is 6. The molecule has 0 saturated heterocycles. The van der Waals surface area contributed by atoms with E-state index in [1.165, 1.54) is 109 Å². The number of rotatable bonds is 17. The fourth-order valence-electron chi connectivity index (χ4n) is 13.2. The minimum absolute atomic E-state index is 0.00365. The van der Waals surface area contributed by atoms with Crippen LogP contribution in [0.5, 0.6) is 0 Å². The van der Waals surface area contributed by atoms with Gasteiger partial charge in [0.05, 0.1) is 95.5 Å². The van der Waals surface area contributed by atoms with Gasteiger partial charge in [0.1, 0.15) is 27.8 Å². The molecule has 676 valence electrons. The molecule has 4 aliphatic heterocycles. The summed E-state index contributed by atoms with van der Waals surface area (Å²) in [5, 5.41) is 12.9. The summed E-state index contributed by atoms with van der Waals surface area (Å²) in [5.41, 5.74) is -2.30. The number of benzene rings is 7. The maximum Gasteiger partial charge on any atom is 0.418 e. The molecule has 0 aliphatic carbocycles. The van der Waals surface area contributed by atoms with E-state index in [0.29, 0.717) is 76.0 Å². The molecule has 12 aromatic rings. The van der Waals surface area contributed by atoms with Gasteiger partial charge in [-0.25, -0.2) is 86.7 Å². The number of pyridine rings is 1. The topological polar surface area (TPSA) is 451 Å². The Hall–Kier alpha value is -14.2. The van der Waals surface area contributed by atoms with Gasteiger partial charge in [-0.2, -0.15) is 32.9 Å². The van der Waals surface area contributed by atoms with Crippen LogP contribution in [0, 0.1) is 34.3 Å². The van der Waals surface area contributed by atoms with Crippen LogP contribution in [0.3, 0.4) is 0 Å². The van der Waals surface area contributed by atoms with E-state index in [-0.39, 0.29) is 68.1 Å². The lowest BCUT2D eigenvalue weighted by Gasteiger charge is -2.22. The van der Waals surface area contributed by atoms with Crippen molar-refractivity contribution in [3.63, 3.8) is 0 Å². The van der Waals surface area contributed by atoms with Crippen molar-refractivity contribution in [1.29, 1.82) is 0 Å². The van der Waals surface area contributed by atoms with Crippen molar-refractivity contribution in [1.82, 2.24) is 23.9 Å². The molecule has 0 saturated carbocycles.